The number of halogens is 1. The van der Waals surface area contributed by atoms with Gasteiger partial charge in [-0.1, -0.05) is 78.9 Å². The number of hydrogen-bond acceptors (Lipinski definition) is 2. The van der Waals surface area contributed by atoms with Gasteiger partial charge in [-0.15, -0.1) is 11.8 Å². The van der Waals surface area contributed by atoms with Crippen LogP contribution in [0.1, 0.15) is 23.5 Å². The van der Waals surface area contributed by atoms with Gasteiger partial charge in [-0.25, -0.2) is 4.39 Å². The highest BCUT2D eigenvalue weighted by Gasteiger charge is 2.18. The summed E-state index contributed by atoms with van der Waals surface area (Å²) in [5, 5.41) is 4.24. The number of rotatable bonds is 9. The molecular formula is C31H27FN2OS. The summed E-state index contributed by atoms with van der Waals surface area (Å²) in [4.78, 5) is 17.5. The fourth-order valence-electron chi connectivity index (χ4n) is 4.49. The molecule has 0 aliphatic rings. The van der Waals surface area contributed by atoms with Crippen molar-refractivity contribution < 1.29 is 9.18 Å². The number of aromatic nitrogens is 1. The summed E-state index contributed by atoms with van der Waals surface area (Å²) >= 11 is 1.70. The van der Waals surface area contributed by atoms with E-state index < -0.39 is 0 Å². The molecule has 4 aromatic carbocycles. The lowest BCUT2D eigenvalue weighted by atomic mass is 9.88. The van der Waals surface area contributed by atoms with Gasteiger partial charge < -0.3 is 10.3 Å². The van der Waals surface area contributed by atoms with Crippen LogP contribution < -0.4 is 5.32 Å². The Kier molecular flexibility index (Phi) is 7.48. The summed E-state index contributed by atoms with van der Waals surface area (Å²) in [5.41, 5.74) is 5.22. The molecule has 0 radical (unpaired) electrons. The van der Waals surface area contributed by atoms with E-state index in [-0.39, 0.29) is 17.6 Å². The molecule has 0 atom stereocenters. The van der Waals surface area contributed by atoms with Crippen molar-refractivity contribution in [3.63, 3.8) is 0 Å². The van der Waals surface area contributed by atoms with Gasteiger partial charge in [0, 0.05) is 40.4 Å². The molecule has 0 spiro atoms. The molecule has 0 bridgehead atoms. The summed E-state index contributed by atoms with van der Waals surface area (Å²) in [6.07, 6.45) is 0.395. The molecule has 5 aromatic rings. The first-order valence-corrected chi connectivity index (χ1v) is 13.0. The Balaban J connectivity index is 1.26. The Morgan fingerprint density at radius 3 is 2.08 bits per heavy atom. The average Bonchev–Trinajstić information content (AvgIpc) is 3.29. The maximum atomic E-state index is 13.5. The number of para-hydroxylation sites is 1. The van der Waals surface area contributed by atoms with E-state index in [0.29, 0.717) is 13.0 Å². The number of benzene rings is 4. The van der Waals surface area contributed by atoms with E-state index in [1.165, 1.54) is 12.1 Å². The van der Waals surface area contributed by atoms with E-state index in [4.69, 9.17) is 0 Å². The summed E-state index contributed by atoms with van der Waals surface area (Å²) in [7, 11) is 0. The molecule has 0 aliphatic heterocycles. The molecule has 2 N–H and O–H groups in total. The Hall–Kier alpha value is -3.83. The first-order chi connectivity index (χ1) is 17.7. The van der Waals surface area contributed by atoms with Crippen LogP contribution in [0.2, 0.25) is 0 Å². The maximum Gasteiger partial charge on any atom is 0.220 e. The smallest absolute Gasteiger partial charge is 0.220 e. The third kappa shape index (κ3) is 5.52. The standard InChI is InChI=1S/C31H27FN2OS/c32-25-17-15-24(16-18-25)30-31(26-13-7-8-14-28(26)34-30)36-20-19-33-29(35)21-27(22-9-3-1-4-10-22)23-11-5-2-6-12-23/h1-18,27,34H,19-21H2,(H,33,35). The second-order valence-corrected chi connectivity index (χ2v) is 9.76. The largest absolute Gasteiger partial charge is 0.355 e. The number of H-pyrrole nitrogens is 1. The predicted octanol–water partition coefficient (Wildman–Crippen LogP) is 7.40. The Bertz CT molecular complexity index is 1390. The highest BCUT2D eigenvalue weighted by molar-refractivity contribution is 7.99. The molecule has 1 aromatic heterocycles. The molecule has 3 nitrogen and oxygen atoms in total. The van der Waals surface area contributed by atoms with Crippen LogP contribution in [0.4, 0.5) is 4.39 Å². The van der Waals surface area contributed by atoms with E-state index in [2.05, 4.69) is 40.6 Å². The Morgan fingerprint density at radius 1 is 0.806 bits per heavy atom. The lowest BCUT2D eigenvalue weighted by Gasteiger charge is -2.18. The Labute approximate surface area is 214 Å². The van der Waals surface area contributed by atoms with Gasteiger partial charge in [0.2, 0.25) is 5.91 Å². The highest BCUT2D eigenvalue weighted by atomic mass is 32.2. The number of amides is 1. The number of hydrogen-bond donors (Lipinski definition) is 2. The van der Waals surface area contributed by atoms with Gasteiger partial charge in [-0.2, -0.15) is 0 Å². The number of carbonyl (C=O) groups is 1. The molecule has 180 valence electrons. The predicted molar refractivity (Wildman–Crippen MR) is 147 cm³/mol. The zero-order chi connectivity index (χ0) is 24.7. The minimum absolute atomic E-state index is 0.0127. The molecule has 0 unspecified atom stereocenters. The SMILES string of the molecule is O=C(CC(c1ccccc1)c1ccccc1)NCCSc1c(-c2ccc(F)cc2)[nH]c2ccccc12. The fourth-order valence-corrected chi connectivity index (χ4v) is 5.54. The first kappa shape index (κ1) is 23.9. The van der Waals surface area contributed by atoms with Crippen LogP contribution in [-0.2, 0) is 4.79 Å². The fraction of sp³-hybridized carbons (Fsp3) is 0.129. The van der Waals surface area contributed by atoms with Crippen molar-refractivity contribution in [2.45, 2.75) is 17.2 Å². The molecule has 1 amide bonds. The van der Waals surface area contributed by atoms with Crippen molar-refractivity contribution in [2.75, 3.05) is 12.3 Å². The number of carbonyl (C=O) groups excluding carboxylic acids is 1. The van der Waals surface area contributed by atoms with E-state index >= 15 is 0 Å². The van der Waals surface area contributed by atoms with Crippen LogP contribution in [0.5, 0.6) is 0 Å². The van der Waals surface area contributed by atoms with Gasteiger partial charge in [-0.3, -0.25) is 4.79 Å². The van der Waals surface area contributed by atoms with Crippen molar-refractivity contribution in [1.82, 2.24) is 10.3 Å². The highest BCUT2D eigenvalue weighted by Crippen LogP contribution is 2.37. The van der Waals surface area contributed by atoms with Crippen molar-refractivity contribution in [1.29, 1.82) is 0 Å². The molecule has 1 heterocycles. The summed E-state index contributed by atoms with van der Waals surface area (Å²) in [6, 6.07) is 35.0. The van der Waals surface area contributed by atoms with Gasteiger partial charge in [0.05, 0.1) is 5.69 Å². The molecule has 0 aliphatic carbocycles. The van der Waals surface area contributed by atoms with Crippen molar-refractivity contribution in [2.24, 2.45) is 0 Å². The summed E-state index contributed by atoms with van der Waals surface area (Å²) in [5.74, 6) is 0.518. The number of thioether (sulfide) groups is 1. The molecule has 0 saturated carbocycles. The second kappa shape index (κ2) is 11.3. The monoisotopic (exact) mass is 494 g/mol. The van der Waals surface area contributed by atoms with Crippen LogP contribution in [0.3, 0.4) is 0 Å². The van der Waals surface area contributed by atoms with Gasteiger partial charge in [0.1, 0.15) is 5.82 Å². The third-order valence-corrected chi connectivity index (χ3v) is 7.38. The normalized spacial score (nSPS) is 11.2. The minimum Gasteiger partial charge on any atom is -0.355 e. The van der Waals surface area contributed by atoms with Crippen molar-refractivity contribution >= 4 is 28.6 Å². The maximum absolute atomic E-state index is 13.5. The quantitative estimate of drug-likeness (QED) is 0.166. The molecule has 0 fully saturated rings. The van der Waals surface area contributed by atoms with E-state index in [1.807, 2.05) is 54.6 Å². The third-order valence-electron chi connectivity index (χ3n) is 6.26. The summed E-state index contributed by atoms with van der Waals surface area (Å²) in [6.45, 7) is 0.558. The van der Waals surface area contributed by atoms with Crippen LogP contribution in [0.15, 0.2) is 114 Å². The van der Waals surface area contributed by atoms with E-state index in [1.54, 1.807) is 23.9 Å². The zero-order valence-electron chi connectivity index (χ0n) is 19.8. The molecular weight excluding hydrogens is 467 g/mol. The molecule has 5 rings (SSSR count). The number of fused-ring (bicyclic) bond motifs is 1. The lowest BCUT2D eigenvalue weighted by molar-refractivity contribution is -0.121. The van der Waals surface area contributed by atoms with Crippen LogP contribution in [-0.4, -0.2) is 23.2 Å². The van der Waals surface area contributed by atoms with Crippen molar-refractivity contribution in [3.8, 4) is 11.3 Å². The van der Waals surface area contributed by atoms with E-state index in [0.717, 1.165) is 43.9 Å². The van der Waals surface area contributed by atoms with Crippen molar-refractivity contribution in [3.05, 3.63) is 126 Å². The average molecular weight is 495 g/mol. The van der Waals surface area contributed by atoms with Gasteiger partial charge in [0.15, 0.2) is 0 Å². The van der Waals surface area contributed by atoms with Gasteiger partial charge in [-0.05, 0) is 47.0 Å². The topological polar surface area (TPSA) is 44.9 Å². The summed E-state index contributed by atoms with van der Waals surface area (Å²) < 4.78 is 13.5. The molecule has 5 heteroatoms. The van der Waals surface area contributed by atoms with Gasteiger partial charge in [0.25, 0.3) is 0 Å². The lowest BCUT2D eigenvalue weighted by Crippen LogP contribution is -2.27. The zero-order valence-corrected chi connectivity index (χ0v) is 20.6. The van der Waals surface area contributed by atoms with Crippen LogP contribution >= 0.6 is 11.8 Å². The minimum atomic E-state index is -0.254. The van der Waals surface area contributed by atoms with Crippen LogP contribution in [0.25, 0.3) is 22.2 Å². The van der Waals surface area contributed by atoms with E-state index in [9.17, 15) is 9.18 Å². The van der Waals surface area contributed by atoms with Gasteiger partial charge >= 0.3 is 0 Å². The Morgan fingerprint density at radius 2 is 1.42 bits per heavy atom. The second-order valence-electron chi connectivity index (χ2n) is 8.66. The number of nitrogens with one attached hydrogen (secondary N) is 2. The molecule has 36 heavy (non-hydrogen) atoms. The van der Waals surface area contributed by atoms with Crippen LogP contribution in [0, 0.1) is 5.82 Å². The molecule has 0 saturated heterocycles. The number of aromatic amines is 1. The first-order valence-electron chi connectivity index (χ1n) is 12.0.